The normalized spacial score (nSPS) is 22.2. The number of carboxylic acid groups (broad SMARTS) is 1. The Morgan fingerprint density at radius 1 is 1.08 bits per heavy atom. The van der Waals surface area contributed by atoms with E-state index in [1.165, 1.54) is 24.2 Å². The number of nitrogens with one attached hydrogen (secondary N) is 1. The molecular formula is C39H42N6O4S. The monoisotopic (exact) mass is 690 g/mol. The molecule has 3 fully saturated rings. The first-order valence-electron chi connectivity index (χ1n) is 17.5. The summed E-state index contributed by atoms with van der Waals surface area (Å²) < 4.78 is 8.48. The second-order valence-corrected chi connectivity index (χ2v) is 15.7. The van der Waals surface area contributed by atoms with Crippen LogP contribution in [-0.4, -0.2) is 57.0 Å². The van der Waals surface area contributed by atoms with Crippen LogP contribution < -0.4 is 10.2 Å². The predicted octanol–water partition coefficient (Wildman–Crippen LogP) is 7.40. The van der Waals surface area contributed by atoms with Gasteiger partial charge in [-0.25, -0.2) is 14.8 Å². The van der Waals surface area contributed by atoms with Crippen LogP contribution in [0, 0.1) is 29.1 Å². The van der Waals surface area contributed by atoms with E-state index in [2.05, 4.69) is 35.2 Å². The number of fused-ring (bicyclic) bond motifs is 4. The number of amides is 1. The molecule has 9 rings (SSSR count). The number of para-hydroxylation sites is 1. The molecule has 5 aromatic rings. The van der Waals surface area contributed by atoms with Crippen LogP contribution in [0.25, 0.3) is 21.3 Å². The van der Waals surface area contributed by atoms with E-state index in [9.17, 15) is 14.7 Å². The first kappa shape index (κ1) is 32.6. The van der Waals surface area contributed by atoms with Gasteiger partial charge < -0.3 is 14.7 Å². The molecule has 258 valence electrons. The van der Waals surface area contributed by atoms with Gasteiger partial charge in [-0.15, -0.1) is 0 Å². The van der Waals surface area contributed by atoms with Crippen molar-refractivity contribution in [3.05, 3.63) is 89.4 Å². The Hall–Kier alpha value is -4.61. The highest BCUT2D eigenvalue weighted by Crippen LogP contribution is 2.64. The molecule has 50 heavy (non-hydrogen) atoms. The van der Waals surface area contributed by atoms with Gasteiger partial charge in [0.25, 0.3) is 5.91 Å². The largest absolute Gasteiger partial charge is 0.476 e. The van der Waals surface area contributed by atoms with E-state index in [0.717, 1.165) is 52.4 Å². The van der Waals surface area contributed by atoms with Crippen molar-refractivity contribution in [1.29, 1.82) is 0 Å². The molecule has 3 saturated carbocycles. The van der Waals surface area contributed by atoms with Gasteiger partial charge in [0.1, 0.15) is 5.82 Å². The number of hydrogen-bond donors (Lipinski definition) is 2. The van der Waals surface area contributed by atoms with E-state index < -0.39 is 5.97 Å². The molecule has 0 unspecified atom stereocenters. The molecule has 3 aromatic heterocycles. The van der Waals surface area contributed by atoms with Crippen LogP contribution in [0.1, 0.15) is 65.1 Å². The Kier molecular flexibility index (Phi) is 8.43. The number of methoxy groups -OCH3 is 1. The zero-order valence-electron chi connectivity index (χ0n) is 28.6. The number of ether oxygens (including phenoxy) is 1. The zero-order valence-corrected chi connectivity index (χ0v) is 29.4. The Balaban J connectivity index is 1.00. The van der Waals surface area contributed by atoms with Gasteiger partial charge in [-0.1, -0.05) is 49.4 Å². The maximum Gasteiger partial charge on any atom is 0.355 e. The van der Waals surface area contributed by atoms with Crippen LogP contribution >= 0.6 is 11.3 Å². The average molecular weight is 691 g/mol. The standard InChI is InChI=1S/C39H42N6O4S/c1-39(2)26-17-24(27(14-16-49-3)31(39)18-26)20-45-21-25(19-40-45)28-11-12-34(42-35(28)37(47)48)44-15-13-23-7-6-8-29(30(23)22-44)36(46)43-38-41-32-9-4-5-10-33(32)50-38/h4-12,19,21,24,26-27,31H,13-18,20,22H2,1-3H3,(H,47,48)(H,41,43,46)/t24-,26-,27-,31+/m0/s1. The number of pyridine rings is 1. The summed E-state index contributed by atoms with van der Waals surface area (Å²) in [6, 6.07) is 17.3. The lowest BCUT2D eigenvalue weighted by molar-refractivity contribution is -0.143. The lowest BCUT2D eigenvalue weighted by Crippen LogP contribution is -2.56. The van der Waals surface area contributed by atoms with Crippen LogP contribution in [0.2, 0.25) is 0 Å². The van der Waals surface area contributed by atoms with Crippen LogP contribution in [0.4, 0.5) is 10.9 Å². The molecule has 11 heteroatoms. The summed E-state index contributed by atoms with van der Waals surface area (Å²) in [7, 11) is 1.78. The molecule has 4 atom stereocenters. The maximum atomic E-state index is 13.5. The minimum atomic E-state index is -1.09. The number of hydrogen-bond acceptors (Lipinski definition) is 8. The minimum Gasteiger partial charge on any atom is -0.476 e. The van der Waals surface area contributed by atoms with Gasteiger partial charge in [0, 0.05) is 56.2 Å². The minimum absolute atomic E-state index is 0.00616. The Bertz CT molecular complexity index is 2050. The number of aromatic carboxylic acids is 1. The molecule has 1 aliphatic heterocycles. The van der Waals surface area contributed by atoms with Crippen molar-refractivity contribution in [2.24, 2.45) is 29.1 Å². The van der Waals surface area contributed by atoms with Gasteiger partial charge in [-0.2, -0.15) is 5.10 Å². The van der Waals surface area contributed by atoms with E-state index in [1.807, 2.05) is 64.3 Å². The van der Waals surface area contributed by atoms with Crippen molar-refractivity contribution in [2.45, 2.75) is 52.6 Å². The lowest BCUT2D eigenvalue weighted by atomic mass is 9.43. The summed E-state index contributed by atoms with van der Waals surface area (Å²) in [6.07, 6.45) is 7.99. The van der Waals surface area contributed by atoms with Crippen LogP contribution in [0.15, 0.2) is 67.0 Å². The first-order chi connectivity index (χ1) is 24.2. The summed E-state index contributed by atoms with van der Waals surface area (Å²) >= 11 is 1.44. The molecule has 1 amide bonds. The molecule has 0 spiro atoms. The van der Waals surface area contributed by atoms with Crippen LogP contribution in [-0.2, 0) is 24.2 Å². The number of benzene rings is 2. The molecule has 0 saturated heterocycles. The second kappa shape index (κ2) is 12.9. The van der Waals surface area contributed by atoms with Crippen molar-refractivity contribution in [2.75, 3.05) is 30.5 Å². The van der Waals surface area contributed by atoms with E-state index in [1.54, 1.807) is 13.3 Å². The Morgan fingerprint density at radius 2 is 1.94 bits per heavy atom. The number of carboxylic acids is 1. The highest BCUT2D eigenvalue weighted by molar-refractivity contribution is 7.22. The van der Waals surface area contributed by atoms with E-state index in [-0.39, 0.29) is 11.6 Å². The van der Waals surface area contributed by atoms with E-state index in [0.29, 0.717) is 64.8 Å². The van der Waals surface area contributed by atoms with Gasteiger partial charge in [-0.05, 0) is 96.2 Å². The third-order valence-corrected chi connectivity index (χ3v) is 12.7. The molecule has 2 N–H and O–H groups in total. The molecule has 2 bridgehead atoms. The molecule has 4 aliphatic rings. The SMILES string of the molecule is COCC[C@H]1[C@H](Cn2cc(-c3ccc(N4CCc5cccc(C(=O)Nc6nc7ccccc7s6)c5C4)nc3C(=O)O)cn2)C[C@H]2C[C@H]1C2(C)C. The van der Waals surface area contributed by atoms with Crippen molar-refractivity contribution >= 4 is 44.4 Å². The number of anilines is 2. The number of carbonyl (C=O) groups excluding carboxylic acids is 1. The molecular weight excluding hydrogens is 649 g/mol. The number of carbonyl (C=O) groups is 2. The molecule has 10 nitrogen and oxygen atoms in total. The van der Waals surface area contributed by atoms with Gasteiger partial charge in [0.15, 0.2) is 10.8 Å². The summed E-state index contributed by atoms with van der Waals surface area (Å²) in [5.74, 6) is 1.82. The van der Waals surface area contributed by atoms with Crippen LogP contribution in [0.3, 0.4) is 0 Å². The third kappa shape index (κ3) is 5.86. The van der Waals surface area contributed by atoms with Gasteiger partial charge in [0.05, 0.1) is 16.4 Å². The highest BCUT2D eigenvalue weighted by atomic mass is 32.1. The van der Waals surface area contributed by atoms with Gasteiger partial charge in [0.2, 0.25) is 0 Å². The van der Waals surface area contributed by atoms with E-state index in [4.69, 9.17) is 9.84 Å². The van der Waals surface area contributed by atoms with Crippen LogP contribution in [0.5, 0.6) is 0 Å². The number of thiazole rings is 1. The van der Waals surface area contributed by atoms with Gasteiger partial charge >= 0.3 is 5.97 Å². The Labute approximate surface area is 295 Å². The molecule has 4 heterocycles. The average Bonchev–Trinajstić information content (AvgIpc) is 3.76. The number of rotatable bonds is 10. The van der Waals surface area contributed by atoms with Crippen molar-refractivity contribution in [3.8, 4) is 11.1 Å². The zero-order chi connectivity index (χ0) is 34.6. The second-order valence-electron chi connectivity index (χ2n) is 14.7. The number of aromatic nitrogens is 4. The van der Waals surface area contributed by atoms with Crippen molar-refractivity contribution in [1.82, 2.24) is 19.7 Å². The summed E-state index contributed by atoms with van der Waals surface area (Å²) in [6.45, 7) is 7.51. The number of nitrogens with zero attached hydrogens (tertiary/aromatic N) is 5. The highest BCUT2D eigenvalue weighted by Gasteiger charge is 2.57. The molecule has 3 aliphatic carbocycles. The quantitative estimate of drug-likeness (QED) is 0.156. The fourth-order valence-electron chi connectivity index (χ4n) is 8.90. The maximum absolute atomic E-state index is 13.5. The summed E-state index contributed by atoms with van der Waals surface area (Å²) in [5.41, 5.74) is 5.11. The molecule has 0 radical (unpaired) electrons. The van der Waals surface area contributed by atoms with Crippen molar-refractivity contribution < 1.29 is 19.4 Å². The van der Waals surface area contributed by atoms with Crippen molar-refractivity contribution in [3.63, 3.8) is 0 Å². The Morgan fingerprint density at radius 3 is 2.74 bits per heavy atom. The van der Waals surface area contributed by atoms with E-state index >= 15 is 0 Å². The topological polar surface area (TPSA) is 122 Å². The lowest BCUT2D eigenvalue weighted by Gasteiger charge is -2.63. The smallest absolute Gasteiger partial charge is 0.355 e. The van der Waals surface area contributed by atoms with Gasteiger partial charge in [-0.3, -0.25) is 14.8 Å². The summed E-state index contributed by atoms with van der Waals surface area (Å²) in [4.78, 5) is 37.4. The summed E-state index contributed by atoms with van der Waals surface area (Å²) in [5, 5.41) is 18.5. The fourth-order valence-corrected chi connectivity index (χ4v) is 9.76. The molecule has 2 aromatic carbocycles. The third-order valence-electron chi connectivity index (χ3n) is 11.7. The predicted molar refractivity (Wildman–Crippen MR) is 195 cm³/mol. The fraction of sp³-hybridized carbons (Fsp3) is 0.410. The first-order valence-corrected chi connectivity index (χ1v) is 18.3.